The van der Waals surface area contributed by atoms with Gasteiger partial charge >= 0.3 is 5.97 Å². The maximum Gasteiger partial charge on any atom is 0.372 e. The summed E-state index contributed by atoms with van der Waals surface area (Å²) in [4.78, 5) is 11.1. The number of hydrogen-bond acceptors (Lipinski definition) is 2. The van der Waals surface area contributed by atoms with Crippen LogP contribution in [0.1, 0.15) is 34.9 Å². The Morgan fingerprint density at radius 3 is 2.81 bits per heavy atom. The van der Waals surface area contributed by atoms with Crippen LogP contribution in [-0.2, 0) is 0 Å². The Kier molecular flexibility index (Phi) is 2.07. The Balaban J connectivity index is 2.37. The molecule has 1 aliphatic carbocycles. The molecule has 0 amide bonds. The smallest absolute Gasteiger partial charge is 0.372 e. The molecule has 0 atom stereocenters. The first-order chi connectivity index (χ1) is 7.68. The normalized spacial score (nSPS) is 15.6. The van der Waals surface area contributed by atoms with Gasteiger partial charge in [-0.15, -0.1) is 0 Å². The fourth-order valence-electron chi connectivity index (χ4n) is 2.04. The first-order valence-electron chi connectivity index (χ1n) is 5.12. The Bertz CT molecular complexity index is 581. The van der Waals surface area contributed by atoms with E-state index in [1.165, 1.54) is 0 Å². The minimum absolute atomic E-state index is 0.101. The molecule has 0 bridgehead atoms. The molecule has 1 aromatic heterocycles. The Morgan fingerprint density at radius 2 is 2.19 bits per heavy atom. The molecule has 1 heterocycles. The molecule has 0 unspecified atom stereocenters. The zero-order valence-corrected chi connectivity index (χ0v) is 9.95. The molecule has 1 N–H and O–H groups in total. The van der Waals surface area contributed by atoms with Crippen LogP contribution in [0.15, 0.2) is 27.1 Å². The van der Waals surface area contributed by atoms with E-state index in [0.29, 0.717) is 11.5 Å². The summed E-state index contributed by atoms with van der Waals surface area (Å²) in [5, 5.41) is 10.1. The molecule has 0 spiro atoms. The summed E-state index contributed by atoms with van der Waals surface area (Å²) in [5.74, 6) is -0.518. The second-order valence-electron chi connectivity index (χ2n) is 4.04. The van der Waals surface area contributed by atoms with Gasteiger partial charge in [0.15, 0.2) is 0 Å². The van der Waals surface area contributed by atoms with E-state index in [4.69, 9.17) is 9.52 Å². The third-order valence-corrected chi connectivity index (χ3v) is 3.51. The first-order valence-corrected chi connectivity index (χ1v) is 5.92. The van der Waals surface area contributed by atoms with Crippen molar-refractivity contribution in [2.45, 2.75) is 18.8 Å². The molecular formula is C12H9BrO3. The van der Waals surface area contributed by atoms with E-state index in [2.05, 4.69) is 15.9 Å². The van der Waals surface area contributed by atoms with Gasteiger partial charge in [0, 0.05) is 10.9 Å². The molecule has 0 aliphatic heterocycles. The fourth-order valence-corrected chi connectivity index (χ4v) is 2.49. The highest BCUT2D eigenvalue weighted by Crippen LogP contribution is 2.47. The van der Waals surface area contributed by atoms with Gasteiger partial charge in [-0.1, -0.05) is 12.1 Å². The van der Waals surface area contributed by atoms with Crippen molar-refractivity contribution in [1.82, 2.24) is 0 Å². The summed E-state index contributed by atoms with van der Waals surface area (Å²) >= 11 is 3.38. The van der Waals surface area contributed by atoms with E-state index < -0.39 is 5.97 Å². The van der Waals surface area contributed by atoms with Crippen molar-refractivity contribution in [1.29, 1.82) is 0 Å². The number of halogens is 1. The van der Waals surface area contributed by atoms with Crippen LogP contribution in [0.25, 0.3) is 11.0 Å². The third-order valence-electron chi connectivity index (χ3n) is 2.89. The maximum atomic E-state index is 11.1. The van der Waals surface area contributed by atoms with E-state index in [1.807, 2.05) is 18.2 Å². The van der Waals surface area contributed by atoms with Crippen molar-refractivity contribution in [2.24, 2.45) is 0 Å². The summed E-state index contributed by atoms with van der Waals surface area (Å²) in [6.45, 7) is 0. The molecule has 4 heteroatoms. The predicted octanol–water partition coefficient (Wildman–Crippen LogP) is 3.77. The number of furan rings is 1. The fraction of sp³-hybridized carbons (Fsp3) is 0.250. The number of carboxylic acid groups (broad SMARTS) is 1. The van der Waals surface area contributed by atoms with Gasteiger partial charge in [0.05, 0.1) is 4.47 Å². The van der Waals surface area contributed by atoms with Crippen LogP contribution in [0.2, 0.25) is 0 Å². The van der Waals surface area contributed by atoms with Gasteiger partial charge < -0.3 is 9.52 Å². The largest absolute Gasteiger partial charge is 0.475 e. The number of para-hydroxylation sites is 1. The van der Waals surface area contributed by atoms with E-state index >= 15 is 0 Å². The zero-order valence-electron chi connectivity index (χ0n) is 8.37. The van der Waals surface area contributed by atoms with Crippen LogP contribution in [-0.4, -0.2) is 11.1 Å². The number of hydrogen-bond donors (Lipinski definition) is 1. The summed E-state index contributed by atoms with van der Waals surface area (Å²) in [6.07, 6.45) is 2.11. The lowest BCUT2D eigenvalue weighted by Crippen LogP contribution is -1.97. The van der Waals surface area contributed by atoms with Crippen molar-refractivity contribution in [3.63, 3.8) is 0 Å². The van der Waals surface area contributed by atoms with Gasteiger partial charge in [-0.2, -0.15) is 0 Å². The molecule has 2 aromatic rings. The highest BCUT2D eigenvalue weighted by molar-refractivity contribution is 9.10. The van der Waals surface area contributed by atoms with Crippen LogP contribution in [0.3, 0.4) is 0 Å². The molecule has 1 fully saturated rings. The van der Waals surface area contributed by atoms with Crippen LogP contribution >= 0.6 is 15.9 Å². The maximum absolute atomic E-state index is 11.1. The molecule has 16 heavy (non-hydrogen) atoms. The highest BCUT2D eigenvalue weighted by Gasteiger charge is 2.33. The lowest BCUT2D eigenvalue weighted by Gasteiger charge is -1.95. The van der Waals surface area contributed by atoms with Gasteiger partial charge in [-0.25, -0.2) is 4.79 Å². The minimum atomic E-state index is -0.981. The van der Waals surface area contributed by atoms with Gasteiger partial charge in [0.2, 0.25) is 5.76 Å². The number of rotatable bonds is 2. The summed E-state index contributed by atoms with van der Waals surface area (Å²) in [6, 6.07) is 5.68. The van der Waals surface area contributed by atoms with Crippen molar-refractivity contribution in [3.8, 4) is 0 Å². The number of benzene rings is 1. The second kappa shape index (κ2) is 3.35. The quantitative estimate of drug-likeness (QED) is 0.911. The topological polar surface area (TPSA) is 50.4 Å². The summed E-state index contributed by atoms with van der Waals surface area (Å²) in [5.41, 5.74) is 1.51. The number of carboxylic acids is 1. The Hall–Kier alpha value is -1.29. The van der Waals surface area contributed by atoms with E-state index in [1.54, 1.807) is 0 Å². The standard InChI is InChI=1S/C12H9BrO3/c13-8-3-1-2-7-9(6-4-5-6)11(12(14)15)16-10(7)8/h1-3,6H,4-5H2,(H,14,15). The van der Waals surface area contributed by atoms with E-state index in [0.717, 1.165) is 28.3 Å². The molecule has 3 rings (SSSR count). The number of carbonyl (C=O) groups is 1. The van der Waals surface area contributed by atoms with Crippen LogP contribution in [0.5, 0.6) is 0 Å². The zero-order chi connectivity index (χ0) is 11.3. The predicted molar refractivity (Wildman–Crippen MR) is 62.8 cm³/mol. The van der Waals surface area contributed by atoms with Crippen LogP contribution in [0.4, 0.5) is 0 Å². The Morgan fingerprint density at radius 1 is 1.44 bits per heavy atom. The summed E-state index contributed by atoms with van der Waals surface area (Å²) in [7, 11) is 0. The lowest BCUT2D eigenvalue weighted by atomic mass is 10.1. The second-order valence-corrected chi connectivity index (χ2v) is 4.90. The van der Waals surface area contributed by atoms with Gasteiger partial charge in [0.1, 0.15) is 5.58 Å². The van der Waals surface area contributed by atoms with Crippen LogP contribution in [0, 0.1) is 0 Å². The molecule has 1 aliphatic rings. The summed E-state index contributed by atoms with van der Waals surface area (Å²) < 4.78 is 6.25. The lowest BCUT2D eigenvalue weighted by molar-refractivity contribution is 0.0663. The molecule has 1 saturated carbocycles. The Labute approximate surface area is 100 Å². The van der Waals surface area contributed by atoms with Crippen LogP contribution < -0.4 is 0 Å². The minimum Gasteiger partial charge on any atom is -0.475 e. The van der Waals surface area contributed by atoms with Crippen molar-refractivity contribution in [3.05, 3.63) is 34.0 Å². The molecule has 0 saturated heterocycles. The average Bonchev–Trinajstić information content (AvgIpc) is 2.99. The first kappa shape index (κ1) is 9.90. The van der Waals surface area contributed by atoms with Crippen molar-refractivity contribution < 1.29 is 14.3 Å². The van der Waals surface area contributed by atoms with Crippen molar-refractivity contribution in [2.75, 3.05) is 0 Å². The number of fused-ring (bicyclic) bond motifs is 1. The van der Waals surface area contributed by atoms with E-state index in [9.17, 15) is 4.79 Å². The molecule has 82 valence electrons. The highest BCUT2D eigenvalue weighted by atomic mass is 79.9. The average molecular weight is 281 g/mol. The van der Waals surface area contributed by atoms with Gasteiger partial charge in [-0.05, 0) is 40.8 Å². The molecule has 0 radical (unpaired) electrons. The van der Waals surface area contributed by atoms with E-state index in [-0.39, 0.29) is 5.76 Å². The molecular weight excluding hydrogens is 272 g/mol. The SMILES string of the molecule is O=C(O)c1oc2c(Br)cccc2c1C1CC1. The van der Waals surface area contributed by atoms with Gasteiger partial charge in [0.25, 0.3) is 0 Å². The molecule has 3 nitrogen and oxygen atoms in total. The number of aromatic carboxylic acids is 1. The monoisotopic (exact) mass is 280 g/mol. The van der Waals surface area contributed by atoms with Gasteiger partial charge in [-0.3, -0.25) is 0 Å². The molecule has 1 aromatic carbocycles. The van der Waals surface area contributed by atoms with Crippen molar-refractivity contribution >= 4 is 32.9 Å². The third kappa shape index (κ3) is 1.37.